The minimum atomic E-state index is 0.290. The van der Waals surface area contributed by atoms with Crippen LogP contribution in [0.25, 0.3) is 22.2 Å². The molecule has 4 rings (SSSR count). The minimum absolute atomic E-state index is 0.290. The van der Waals surface area contributed by atoms with Crippen molar-refractivity contribution >= 4 is 22.7 Å². The summed E-state index contributed by atoms with van der Waals surface area (Å²) in [6.45, 7) is 0. The maximum atomic E-state index is 9.56. The monoisotopic (exact) mass is 265 g/mol. The molecule has 92 valence electrons. The van der Waals surface area contributed by atoms with Gasteiger partial charge in [0.25, 0.3) is 0 Å². The first kappa shape index (κ1) is 10.9. The molecule has 3 aromatic rings. The van der Waals surface area contributed by atoms with Gasteiger partial charge in [-0.2, -0.15) is 0 Å². The van der Waals surface area contributed by atoms with Crippen molar-refractivity contribution in [2.24, 2.45) is 0 Å². The average molecular weight is 265 g/mol. The molecule has 0 atom stereocenters. The number of benzene rings is 2. The lowest BCUT2D eigenvalue weighted by Gasteiger charge is -2.18. The molecule has 0 spiro atoms. The number of nitrogens with zero attached hydrogens (tertiary/aromatic N) is 1. The first-order chi connectivity index (χ1) is 9.31. The van der Waals surface area contributed by atoms with Crippen LogP contribution in [0.1, 0.15) is 5.56 Å². The molecule has 0 unspecified atom stereocenters. The molecule has 0 radical (unpaired) electrons. The van der Waals surface area contributed by atoms with Gasteiger partial charge in [-0.05, 0) is 35.9 Å². The summed E-state index contributed by atoms with van der Waals surface area (Å²) in [6, 6.07) is 15.9. The van der Waals surface area contributed by atoms with Gasteiger partial charge in [-0.25, -0.2) is 4.98 Å². The van der Waals surface area contributed by atoms with Gasteiger partial charge in [-0.3, -0.25) is 0 Å². The summed E-state index contributed by atoms with van der Waals surface area (Å²) >= 11 is 1.84. The van der Waals surface area contributed by atoms with E-state index < -0.39 is 0 Å². The van der Waals surface area contributed by atoms with Crippen LogP contribution < -0.4 is 0 Å². The van der Waals surface area contributed by atoms with Gasteiger partial charge in [-0.15, -0.1) is 11.8 Å². The van der Waals surface area contributed by atoms with E-state index in [1.807, 2.05) is 17.8 Å². The van der Waals surface area contributed by atoms with Crippen molar-refractivity contribution in [3.63, 3.8) is 0 Å². The Balaban J connectivity index is 2.03. The number of pyridine rings is 1. The van der Waals surface area contributed by atoms with Crippen molar-refractivity contribution in [3.8, 4) is 17.0 Å². The summed E-state index contributed by atoms with van der Waals surface area (Å²) in [6.07, 6.45) is 0. The van der Waals surface area contributed by atoms with Crippen LogP contribution in [-0.2, 0) is 5.75 Å². The van der Waals surface area contributed by atoms with E-state index in [9.17, 15) is 5.11 Å². The average Bonchev–Trinajstić information content (AvgIpc) is 2.45. The smallest absolute Gasteiger partial charge is 0.116 e. The molecule has 2 aromatic carbocycles. The normalized spacial score (nSPS) is 13.1. The molecule has 1 aliphatic heterocycles. The van der Waals surface area contributed by atoms with Gasteiger partial charge in [0.05, 0.1) is 11.2 Å². The molecule has 0 saturated carbocycles. The number of aromatic nitrogens is 1. The molecule has 0 fully saturated rings. The van der Waals surface area contributed by atoms with Crippen LogP contribution in [0.4, 0.5) is 0 Å². The number of rotatable bonds is 0. The van der Waals surface area contributed by atoms with Gasteiger partial charge in [-0.1, -0.05) is 18.2 Å². The molecule has 1 aromatic heterocycles. The molecule has 2 nitrogen and oxygen atoms in total. The summed E-state index contributed by atoms with van der Waals surface area (Å²) in [4.78, 5) is 6.07. The molecule has 0 aliphatic carbocycles. The van der Waals surface area contributed by atoms with Crippen molar-refractivity contribution in [2.45, 2.75) is 10.6 Å². The highest BCUT2D eigenvalue weighted by Crippen LogP contribution is 2.41. The lowest BCUT2D eigenvalue weighted by Crippen LogP contribution is -1.99. The fourth-order valence-corrected chi connectivity index (χ4v) is 3.52. The molecule has 3 heteroatoms. The molecule has 1 aliphatic rings. The van der Waals surface area contributed by atoms with Crippen LogP contribution in [0.2, 0.25) is 0 Å². The predicted octanol–water partition coefficient (Wildman–Crippen LogP) is 4.21. The van der Waals surface area contributed by atoms with Crippen LogP contribution in [0.15, 0.2) is 53.4 Å². The third kappa shape index (κ3) is 1.70. The van der Waals surface area contributed by atoms with Gasteiger partial charge in [0.2, 0.25) is 0 Å². The van der Waals surface area contributed by atoms with Crippen LogP contribution in [0.5, 0.6) is 5.75 Å². The zero-order chi connectivity index (χ0) is 12.8. The van der Waals surface area contributed by atoms with Crippen molar-refractivity contribution in [1.29, 1.82) is 0 Å². The van der Waals surface area contributed by atoms with Gasteiger partial charge in [0, 0.05) is 21.6 Å². The largest absolute Gasteiger partial charge is 0.508 e. The van der Waals surface area contributed by atoms with E-state index in [1.54, 1.807) is 12.1 Å². The van der Waals surface area contributed by atoms with Gasteiger partial charge in [0.1, 0.15) is 5.75 Å². The standard InChI is InChI=1S/C16H11NOS/c18-12-5-6-14-10(8-12)7-11-9-19-15-4-2-1-3-13(15)16(11)17-14/h1-8,18H,9H2. The van der Waals surface area contributed by atoms with Crippen molar-refractivity contribution in [2.75, 3.05) is 0 Å². The van der Waals surface area contributed by atoms with Gasteiger partial charge >= 0.3 is 0 Å². The summed E-state index contributed by atoms with van der Waals surface area (Å²) in [5.74, 6) is 1.23. The van der Waals surface area contributed by atoms with Crippen molar-refractivity contribution < 1.29 is 5.11 Å². The number of hydrogen-bond donors (Lipinski definition) is 1. The Kier molecular flexibility index (Phi) is 2.29. The number of thioether (sulfide) groups is 1. The van der Waals surface area contributed by atoms with E-state index in [-0.39, 0.29) is 5.75 Å². The van der Waals surface area contributed by atoms with Crippen molar-refractivity contribution in [3.05, 3.63) is 54.1 Å². The van der Waals surface area contributed by atoms with Crippen molar-refractivity contribution in [1.82, 2.24) is 4.98 Å². The summed E-state index contributed by atoms with van der Waals surface area (Å²) in [5.41, 5.74) is 4.45. The highest BCUT2D eigenvalue weighted by atomic mass is 32.2. The predicted molar refractivity (Wildman–Crippen MR) is 78.4 cm³/mol. The number of fused-ring (bicyclic) bond motifs is 4. The Labute approximate surface area is 115 Å². The van der Waals surface area contributed by atoms with E-state index in [2.05, 4.69) is 30.3 Å². The lowest BCUT2D eigenvalue weighted by atomic mass is 10.0. The first-order valence-corrected chi connectivity index (χ1v) is 7.15. The molecule has 2 heterocycles. The Morgan fingerprint density at radius 1 is 1.05 bits per heavy atom. The van der Waals surface area contributed by atoms with Crippen LogP contribution >= 0.6 is 11.8 Å². The van der Waals surface area contributed by atoms with Crippen LogP contribution in [0, 0.1) is 0 Å². The minimum Gasteiger partial charge on any atom is -0.508 e. The van der Waals surface area contributed by atoms with E-state index in [1.165, 1.54) is 16.0 Å². The fraction of sp³-hybridized carbons (Fsp3) is 0.0625. The molecule has 19 heavy (non-hydrogen) atoms. The number of hydrogen-bond acceptors (Lipinski definition) is 3. The van der Waals surface area contributed by atoms with E-state index >= 15 is 0 Å². The third-order valence-electron chi connectivity index (χ3n) is 3.40. The first-order valence-electron chi connectivity index (χ1n) is 6.16. The maximum Gasteiger partial charge on any atom is 0.116 e. The zero-order valence-electron chi connectivity index (χ0n) is 10.1. The lowest BCUT2D eigenvalue weighted by molar-refractivity contribution is 0.476. The topological polar surface area (TPSA) is 33.1 Å². The summed E-state index contributed by atoms with van der Waals surface area (Å²) < 4.78 is 0. The number of phenolic OH excluding ortho intramolecular Hbond substituents is 1. The second-order valence-corrected chi connectivity index (χ2v) is 5.68. The molecule has 0 amide bonds. The van der Waals surface area contributed by atoms with Crippen LogP contribution in [0.3, 0.4) is 0 Å². The molecule has 1 N–H and O–H groups in total. The Morgan fingerprint density at radius 3 is 2.89 bits per heavy atom. The zero-order valence-corrected chi connectivity index (χ0v) is 10.9. The second kappa shape index (κ2) is 4.00. The highest BCUT2D eigenvalue weighted by Gasteiger charge is 2.18. The van der Waals surface area contributed by atoms with Gasteiger partial charge < -0.3 is 5.11 Å². The van der Waals surface area contributed by atoms with E-state index in [0.29, 0.717) is 0 Å². The molecular weight excluding hydrogens is 254 g/mol. The van der Waals surface area contributed by atoms with E-state index in [4.69, 9.17) is 4.98 Å². The van der Waals surface area contributed by atoms with Crippen LogP contribution in [-0.4, -0.2) is 10.1 Å². The highest BCUT2D eigenvalue weighted by molar-refractivity contribution is 7.98. The summed E-state index contributed by atoms with van der Waals surface area (Å²) in [7, 11) is 0. The Morgan fingerprint density at radius 2 is 1.95 bits per heavy atom. The molecule has 0 saturated heterocycles. The second-order valence-electron chi connectivity index (χ2n) is 4.66. The maximum absolute atomic E-state index is 9.56. The third-order valence-corrected chi connectivity index (χ3v) is 4.52. The SMILES string of the molecule is Oc1ccc2nc3c(cc2c1)CSc1ccccc1-3. The number of phenols is 1. The fourth-order valence-electron chi connectivity index (χ4n) is 2.49. The number of aromatic hydroxyl groups is 1. The molecular formula is C16H11NOS. The quantitative estimate of drug-likeness (QED) is 0.661. The Bertz CT molecular complexity index is 798. The van der Waals surface area contributed by atoms with Gasteiger partial charge in [0.15, 0.2) is 0 Å². The Hall–Kier alpha value is -2.00. The molecule has 0 bridgehead atoms. The summed E-state index contributed by atoms with van der Waals surface area (Å²) in [5, 5.41) is 10.6. The van der Waals surface area contributed by atoms with E-state index in [0.717, 1.165) is 22.3 Å².